The van der Waals surface area contributed by atoms with Crippen LogP contribution in [-0.4, -0.2) is 53.8 Å². The summed E-state index contributed by atoms with van der Waals surface area (Å²) in [7, 11) is 3.60. The monoisotopic (exact) mass is 434 g/mol. The fraction of sp³-hybridized carbons (Fsp3) is 0.320. The number of aryl methyl sites for hydroxylation is 2. The molecule has 0 unspecified atom stereocenters. The molecule has 2 aliphatic rings. The maximum absolute atomic E-state index is 13.3. The third kappa shape index (κ3) is 3.43. The number of phenols is 1. The molecule has 7 nitrogen and oxygen atoms in total. The summed E-state index contributed by atoms with van der Waals surface area (Å²) in [4.78, 5) is 15.5. The summed E-state index contributed by atoms with van der Waals surface area (Å²) in [6.07, 6.45) is 3.74. The lowest BCUT2D eigenvalue weighted by Gasteiger charge is -2.27. The summed E-state index contributed by atoms with van der Waals surface area (Å²) < 4.78 is 18.9. The number of carbonyl (C=O) groups is 1. The number of Topliss-reactive ketones (excluding diaryl/α,β-unsaturated/α-hetero) is 1. The number of hydrogen-bond donors (Lipinski definition) is 1. The van der Waals surface area contributed by atoms with Crippen LogP contribution in [0.1, 0.15) is 27.0 Å². The van der Waals surface area contributed by atoms with Crippen LogP contribution < -0.4 is 9.47 Å². The highest BCUT2D eigenvalue weighted by molar-refractivity contribution is 6.16. The molecular weight excluding hydrogens is 408 g/mol. The van der Waals surface area contributed by atoms with E-state index in [1.54, 1.807) is 19.3 Å². The van der Waals surface area contributed by atoms with E-state index < -0.39 is 0 Å². The van der Waals surface area contributed by atoms with E-state index in [0.29, 0.717) is 42.2 Å². The number of methoxy groups -OCH3 is 1. The smallest absolute Gasteiger partial charge is 0.232 e. The zero-order valence-electron chi connectivity index (χ0n) is 18.5. The van der Waals surface area contributed by atoms with E-state index in [9.17, 15) is 9.90 Å². The number of morpholine rings is 1. The van der Waals surface area contributed by atoms with Gasteiger partial charge in [0.25, 0.3) is 0 Å². The Morgan fingerprint density at radius 3 is 2.75 bits per heavy atom. The number of carbonyl (C=O) groups excluding carboxylic acids is 1. The minimum absolute atomic E-state index is 0.150. The van der Waals surface area contributed by atoms with Crippen molar-refractivity contribution in [1.82, 2.24) is 9.47 Å². The molecule has 0 amide bonds. The standard InChI is InChI=1S/C25H26N2O5/c1-15-10-21(28)19(14-27-6-8-31-9-7-27)25-23(15)24(29)22(32-25)11-16-13-26(2)20-5-4-17(30-3)12-18(16)20/h4-5,10-13,28H,6-9,14H2,1-3H3/b22-11-. The number of phenolic OH excluding ortho intramolecular Hbond substituents is 1. The molecule has 2 aliphatic heterocycles. The first-order valence-electron chi connectivity index (χ1n) is 10.7. The SMILES string of the molecule is COc1ccc2c(c1)c(/C=C1\Oc3c(CN4CCOCC4)c(O)cc(C)c3C1=O)cn2C. The molecule has 0 aliphatic carbocycles. The molecule has 166 valence electrons. The molecule has 2 aromatic carbocycles. The van der Waals surface area contributed by atoms with Crippen molar-refractivity contribution in [1.29, 1.82) is 0 Å². The maximum Gasteiger partial charge on any atom is 0.232 e. The molecule has 0 bridgehead atoms. The molecule has 1 aromatic heterocycles. The van der Waals surface area contributed by atoms with Crippen molar-refractivity contribution in [3.8, 4) is 17.2 Å². The van der Waals surface area contributed by atoms with Crippen LogP contribution in [0.15, 0.2) is 36.2 Å². The molecule has 0 radical (unpaired) electrons. The number of fused-ring (bicyclic) bond motifs is 2. The van der Waals surface area contributed by atoms with Gasteiger partial charge in [0.2, 0.25) is 5.78 Å². The molecule has 5 rings (SSSR count). The van der Waals surface area contributed by atoms with Crippen LogP contribution >= 0.6 is 0 Å². The van der Waals surface area contributed by atoms with Crippen molar-refractivity contribution in [2.45, 2.75) is 13.5 Å². The van der Waals surface area contributed by atoms with Gasteiger partial charge < -0.3 is 23.9 Å². The Balaban J connectivity index is 1.55. The van der Waals surface area contributed by atoms with Crippen LogP contribution in [0.25, 0.3) is 17.0 Å². The van der Waals surface area contributed by atoms with Gasteiger partial charge in [0.05, 0.1) is 31.5 Å². The lowest BCUT2D eigenvalue weighted by atomic mass is 9.99. The first kappa shape index (κ1) is 20.6. The molecule has 1 saturated heterocycles. The summed E-state index contributed by atoms with van der Waals surface area (Å²) >= 11 is 0. The molecule has 1 fully saturated rings. The first-order chi connectivity index (χ1) is 15.5. The van der Waals surface area contributed by atoms with E-state index in [2.05, 4.69) is 4.90 Å². The van der Waals surface area contributed by atoms with Crippen molar-refractivity contribution in [3.63, 3.8) is 0 Å². The van der Waals surface area contributed by atoms with Gasteiger partial charge in [-0.05, 0) is 42.8 Å². The van der Waals surface area contributed by atoms with Crippen LogP contribution in [0.3, 0.4) is 0 Å². The molecule has 3 aromatic rings. The first-order valence-corrected chi connectivity index (χ1v) is 10.7. The zero-order valence-corrected chi connectivity index (χ0v) is 18.5. The summed E-state index contributed by atoms with van der Waals surface area (Å²) in [5.74, 6) is 1.45. The predicted molar refractivity (Wildman–Crippen MR) is 121 cm³/mol. The Hall–Kier alpha value is -3.29. The fourth-order valence-electron chi connectivity index (χ4n) is 4.50. The molecule has 7 heteroatoms. The van der Waals surface area contributed by atoms with E-state index in [1.165, 1.54) is 0 Å². The van der Waals surface area contributed by atoms with Gasteiger partial charge in [-0.25, -0.2) is 0 Å². The predicted octanol–water partition coefficient (Wildman–Crippen LogP) is 3.65. The second kappa shape index (κ2) is 8.00. The van der Waals surface area contributed by atoms with E-state index in [1.807, 2.05) is 42.9 Å². The Morgan fingerprint density at radius 1 is 1.22 bits per heavy atom. The van der Waals surface area contributed by atoms with E-state index in [4.69, 9.17) is 14.2 Å². The maximum atomic E-state index is 13.3. The van der Waals surface area contributed by atoms with E-state index in [-0.39, 0.29) is 17.3 Å². The summed E-state index contributed by atoms with van der Waals surface area (Å²) in [6, 6.07) is 7.51. The van der Waals surface area contributed by atoms with Gasteiger partial charge in [-0.3, -0.25) is 9.69 Å². The van der Waals surface area contributed by atoms with Crippen molar-refractivity contribution in [3.05, 3.63) is 58.5 Å². The number of hydrogen-bond acceptors (Lipinski definition) is 6. The largest absolute Gasteiger partial charge is 0.507 e. The number of rotatable bonds is 4. The van der Waals surface area contributed by atoms with Gasteiger partial charge in [0.1, 0.15) is 17.2 Å². The molecule has 0 atom stereocenters. The number of ether oxygens (including phenoxy) is 3. The molecular formula is C25H26N2O5. The van der Waals surface area contributed by atoms with Crippen LogP contribution in [0.5, 0.6) is 17.2 Å². The molecule has 1 N–H and O–H groups in total. The summed E-state index contributed by atoms with van der Waals surface area (Å²) in [5, 5.41) is 11.6. The third-order valence-electron chi connectivity index (χ3n) is 6.22. The highest BCUT2D eigenvalue weighted by Gasteiger charge is 2.34. The third-order valence-corrected chi connectivity index (χ3v) is 6.22. The number of aromatic hydroxyl groups is 1. The summed E-state index contributed by atoms with van der Waals surface area (Å²) in [6.45, 7) is 5.19. The number of aromatic nitrogens is 1. The van der Waals surface area contributed by atoms with Crippen molar-refractivity contribution >= 4 is 22.8 Å². The average Bonchev–Trinajstić information content (AvgIpc) is 3.28. The number of ketones is 1. The minimum Gasteiger partial charge on any atom is -0.507 e. The van der Waals surface area contributed by atoms with Crippen LogP contribution in [0.2, 0.25) is 0 Å². The molecule has 32 heavy (non-hydrogen) atoms. The molecule has 0 spiro atoms. The normalized spacial score (nSPS) is 17.7. The van der Waals surface area contributed by atoms with Crippen LogP contribution in [0, 0.1) is 6.92 Å². The van der Waals surface area contributed by atoms with Gasteiger partial charge >= 0.3 is 0 Å². The van der Waals surface area contributed by atoms with Gasteiger partial charge in [-0.15, -0.1) is 0 Å². The Labute approximate surface area is 186 Å². The highest BCUT2D eigenvalue weighted by Crippen LogP contribution is 2.42. The number of benzene rings is 2. The lowest BCUT2D eigenvalue weighted by Crippen LogP contribution is -2.35. The average molecular weight is 434 g/mol. The van der Waals surface area contributed by atoms with E-state index in [0.717, 1.165) is 35.3 Å². The Kier molecular flexibility index (Phi) is 5.15. The number of allylic oxidation sites excluding steroid dienone is 1. The molecule has 3 heterocycles. The minimum atomic E-state index is -0.166. The van der Waals surface area contributed by atoms with Gasteiger partial charge in [-0.2, -0.15) is 0 Å². The highest BCUT2D eigenvalue weighted by atomic mass is 16.5. The molecule has 0 saturated carbocycles. The Morgan fingerprint density at radius 2 is 2.00 bits per heavy atom. The van der Waals surface area contributed by atoms with Gasteiger partial charge in [0.15, 0.2) is 5.76 Å². The van der Waals surface area contributed by atoms with Crippen LogP contribution in [0.4, 0.5) is 0 Å². The second-order valence-corrected chi connectivity index (χ2v) is 8.30. The fourth-order valence-corrected chi connectivity index (χ4v) is 4.50. The van der Waals surface area contributed by atoms with Gasteiger partial charge in [-0.1, -0.05) is 0 Å². The van der Waals surface area contributed by atoms with Crippen LogP contribution in [-0.2, 0) is 18.3 Å². The van der Waals surface area contributed by atoms with Crippen molar-refractivity contribution in [2.24, 2.45) is 7.05 Å². The lowest BCUT2D eigenvalue weighted by molar-refractivity contribution is 0.0336. The van der Waals surface area contributed by atoms with Crippen molar-refractivity contribution < 1.29 is 24.1 Å². The second-order valence-electron chi connectivity index (χ2n) is 8.30. The topological polar surface area (TPSA) is 73.2 Å². The zero-order chi connectivity index (χ0) is 22.4. The number of nitrogens with zero attached hydrogens (tertiary/aromatic N) is 2. The Bertz CT molecular complexity index is 1250. The van der Waals surface area contributed by atoms with E-state index >= 15 is 0 Å². The van der Waals surface area contributed by atoms with Gasteiger partial charge in [0, 0.05) is 49.3 Å². The summed E-state index contributed by atoms with van der Waals surface area (Å²) in [5.41, 5.74) is 3.77. The van der Waals surface area contributed by atoms with Crippen molar-refractivity contribution in [2.75, 3.05) is 33.4 Å². The quantitative estimate of drug-likeness (QED) is 0.632.